The Morgan fingerprint density at radius 3 is 2.68 bits per heavy atom. The standard InChI is InChI=1S/C14H22N2O3/c1-16(12-7-4-3-5-8-12)10-6-9-15-13(11-19-2)14(17)18/h3-5,7-8,13,15H,6,9-11H2,1-2H3,(H,17,18). The number of nitrogens with one attached hydrogen (secondary N) is 1. The topological polar surface area (TPSA) is 61.8 Å². The zero-order valence-corrected chi connectivity index (χ0v) is 11.5. The first-order chi connectivity index (χ1) is 9.15. The minimum Gasteiger partial charge on any atom is -0.480 e. The van der Waals surface area contributed by atoms with Gasteiger partial charge in [0, 0.05) is 26.4 Å². The predicted molar refractivity (Wildman–Crippen MR) is 75.6 cm³/mol. The van der Waals surface area contributed by atoms with Gasteiger partial charge in [-0.05, 0) is 25.1 Å². The van der Waals surface area contributed by atoms with Gasteiger partial charge in [0.2, 0.25) is 0 Å². The first-order valence-corrected chi connectivity index (χ1v) is 6.36. The van der Waals surface area contributed by atoms with Crippen LogP contribution in [0.4, 0.5) is 5.69 Å². The second kappa shape index (κ2) is 8.50. The first kappa shape index (κ1) is 15.5. The molecule has 0 fully saturated rings. The number of anilines is 1. The Morgan fingerprint density at radius 1 is 1.42 bits per heavy atom. The van der Waals surface area contributed by atoms with Gasteiger partial charge in [-0.15, -0.1) is 0 Å². The molecule has 19 heavy (non-hydrogen) atoms. The van der Waals surface area contributed by atoms with E-state index in [0.717, 1.165) is 18.7 Å². The molecule has 1 aromatic rings. The van der Waals surface area contributed by atoms with Crippen LogP contribution in [-0.4, -0.2) is 51.0 Å². The van der Waals surface area contributed by atoms with E-state index in [1.54, 1.807) is 0 Å². The van der Waals surface area contributed by atoms with Crippen LogP contribution in [0.2, 0.25) is 0 Å². The van der Waals surface area contributed by atoms with Gasteiger partial charge in [0.15, 0.2) is 0 Å². The summed E-state index contributed by atoms with van der Waals surface area (Å²) in [6, 6.07) is 9.47. The molecule has 0 aliphatic rings. The Bertz CT molecular complexity index is 370. The number of carboxylic acid groups (broad SMARTS) is 1. The Morgan fingerprint density at radius 2 is 2.11 bits per heavy atom. The number of benzene rings is 1. The zero-order valence-electron chi connectivity index (χ0n) is 11.5. The molecule has 0 bridgehead atoms. The van der Waals surface area contributed by atoms with Gasteiger partial charge in [0.25, 0.3) is 0 Å². The van der Waals surface area contributed by atoms with E-state index in [1.165, 1.54) is 7.11 Å². The van der Waals surface area contributed by atoms with Gasteiger partial charge in [0.05, 0.1) is 6.61 Å². The van der Waals surface area contributed by atoms with Crippen LogP contribution < -0.4 is 10.2 Å². The molecule has 0 amide bonds. The van der Waals surface area contributed by atoms with Crippen molar-refractivity contribution in [2.24, 2.45) is 0 Å². The van der Waals surface area contributed by atoms with Crippen LogP contribution in [0.5, 0.6) is 0 Å². The highest BCUT2D eigenvalue weighted by Crippen LogP contribution is 2.10. The SMILES string of the molecule is COCC(NCCCN(C)c1ccccc1)C(=O)O. The fraction of sp³-hybridized carbons (Fsp3) is 0.500. The molecule has 0 saturated carbocycles. The van der Waals surface area contributed by atoms with Gasteiger partial charge < -0.3 is 20.1 Å². The Labute approximate surface area is 114 Å². The number of nitrogens with zero attached hydrogens (tertiary/aromatic N) is 1. The summed E-state index contributed by atoms with van der Waals surface area (Å²) in [5.41, 5.74) is 1.16. The highest BCUT2D eigenvalue weighted by Gasteiger charge is 2.15. The van der Waals surface area contributed by atoms with E-state index >= 15 is 0 Å². The summed E-state index contributed by atoms with van der Waals surface area (Å²) in [5, 5.41) is 11.9. The summed E-state index contributed by atoms with van der Waals surface area (Å²) < 4.78 is 4.86. The number of hydrogen-bond acceptors (Lipinski definition) is 4. The lowest BCUT2D eigenvalue weighted by Crippen LogP contribution is -2.41. The van der Waals surface area contributed by atoms with E-state index < -0.39 is 12.0 Å². The number of para-hydroxylation sites is 1. The molecule has 0 saturated heterocycles. The molecule has 0 heterocycles. The Hall–Kier alpha value is -1.59. The molecule has 5 nitrogen and oxygen atoms in total. The fourth-order valence-corrected chi connectivity index (χ4v) is 1.79. The molecule has 1 unspecified atom stereocenters. The Balaban J connectivity index is 2.25. The van der Waals surface area contributed by atoms with Crippen LogP contribution in [0.3, 0.4) is 0 Å². The van der Waals surface area contributed by atoms with Crippen molar-refractivity contribution in [3.8, 4) is 0 Å². The Kier molecular flexibility index (Phi) is 6.92. The fourth-order valence-electron chi connectivity index (χ4n) is 1.79. The molecule has 0 aliphatic carbocycles. The third kappa shape index (κ3) is 5.72. The zero-order chi connectivity index (χ0) is 14.1. The second-order valence-electron chi connectivity index (χ2n) is 4.41. The van der Waals surface area contributed by atoms with Crippen molar-refractivity contribution < 1.29 is 14.6 Å². The summed E-state index contributed by atoms with van der Waals surface area (Å²) >= 11 is 0. The molecule has 2 N–H and O–H groups in total. The molecule has 0 spiro atoms. The quantitative estimate of drug-likeness (QED) is 0.658. The molecular weight excluding hydrogens is 244 g/mol. The van der Waals surface area contributed by atoms with Crippen molar-refractivity contribution in [1.29, 1.82) is 0 Å². The van der Waals surface area contributed by atoms with Crippen LogP contribution >= 0.6 is 0 Å². The maximum atomic E-state index is 10.9. The minimum absolute atomic E-state index is 0.184. The third-order valence-corrected chi connectivity index (χ3v) is 2.89. The van der Waals surface area contributed by atoms with E-state index in [2.05, 4.69) is 22.3 Å². The highest BCUT2D eigenvalue weighted by atomic mass is 16.5. The minimum atomic E-state index is -0.877. The van der Waals surface area contributed by atoms with Crippen LogP contribution in [0.1, 0.15) is 6.42 Å². The monoisotopic (exact) mass is 266 g/mol. The van der Waals surface area contributed by atoms with Crippen molar-refractivity contribution in [2.75, 3.05) is 38.8 Å². The van der Waals surface area contributed by atoms with Gasteiger partial charge >= 0.3 is 5.97 Å². The number of methoxy groups -OCH3 is 1. The second-order valence-corrected chi connectivity index (χ2v) is 4.41. The average Bonchev–Trinajstić information content (AvgIpc) is 2.42. The van der Waals surface area contributed by atoms with Gasteiger partial charge in [-0.25, -0.2) is 0 Å². The maximum absolute atomic E-state index is 10.9. The lowest BCUT2D eigenvalue weighted by molar-refractivity contribution is -0.140. The summed E-state index contributed by atoms with van der Waals surface area (Å²) in [5.74, 6) is -0.877. The molecule has 106 valence electrons. The van der Waals surface area contributed by atoms with E-state index in [4.69, 9.17) is 9.84 Å². The molecule has 0 aromatic heterocycles. The normalized spacial score (nSPS) is 12.1. The highest BCUT2D eigenvalue weighted by molar-refractivity contribution is 5.73. The summed E-state index contributed by atoms with van der Waals surface area (Å²) in [4.78, 5) is 13.0. The lowest BCUT2D eigenvalue weighted by Gasteiger charge is -2.20. The number of hydrogen-bond donors (Lipinski definition) is 2. The van der Waals surface area contributed by atoms with Crippen molar-refractivity contribution in [3.63, 3.8) is 0 Å². The molecule has 0 aliphatic heterocycles. The molecule has 0 radical (unpaired) electrons. The first-order valence-electron chi connectivity index (χ1n) is 6.36. The van der Waals surface area contributed by atoms with E-state index in [1.807, 2.05) is 25.2 Å². The predicted octanol–water partition coefficient (Wildman–Crippen LogP) is 1.20. The number of ether oxygens (including phenoxy) is 1. The number of aliphatic carboxylic acids is 1. The largest absolute Gasteiger partial charge is 0.480 e. The number of carbonyl (C=O) groups is 1. The summed E-state index contributed by atoms with van der Waals surface area (Å²) in [6.07, 6.45) is 0.874. The van der Waals surface area contributed by atoms with Crippen molar-refractivity contribution in [2.45, 2.75) is 12.5 Å². The van der Waals surface area contributed by atoms with Crippen LogP contribution in [0.15, 0.2) is 30.3 Å². The van der Waals surface area contributed by atoms with Gasteiger partial charge in [0.1, 0.15) is 6.04 Å². The molecule has 1 atom stereocenters. The molecule has 1 aromatic carbocycles. The van der Waals surface area contributed by atoms with Crippen molar-refractivity contribution in [3.05, 3.63) is 30.3 Å². The third-order valence-electron chi connectivity index (χ3n) is 2.89. The van der Waals surface area contributed by atoms with E-state index in [9.17, 15) is 4.79 Å². The van der Waals surface area contributed by atoms with Crippen molar-refractivity contribution >= 4 is 11.7 Å². The van der Waals surface area contributed by atoms with Gasteiger partial charge in [-0.1, -0.05) is 18.2 Å². The van der Waals surface area contributed by atoms with Crippen LogP contribution in [0, 0.1) is 0 Å². The smallest absolute Gasteiger partial charge is 0.323 e. The van der Waals surface area contributed by atoms with Crippen LogP contribution in [-0.2, 0) is 9.53 Å². The summed E-state index contributed by atoms with van der Waals surface area (Å²) in [6.45, 7) is 1.71. The van der Waals surface area contributed by atoms with Gasteiger partial charge in [-0.3, -0.25) is 4.79 Å². The number of carboxylic acids is 1. The van der Waals surface area contributed by atoms with Crippen LogP contribution in [0.25, 0.3) is 0 Å². The summed E-state index contributed by atoms with van der Waals surface area (Å²) in [7, 11) is 3.53. The molecule has 5 heteroatoms. The number of rotatable bonds is 9. The van der Waals surface area contributed by atoms with E-state index in [-0.39, 0.29) is 6.61 Å². The maximum Gasteiger partial charge on any atom is 0.323 e. The van der Waals surface area contributed by atoms with Crippen molar-refractivity contribution in [1.82, 2.24) is 5.32 Å². The van der Waals surface area contributed by atoms with E-state index in [0.29, 0.717) is 6.54 Å². The lowest BCUT2D eigenvalue weighted by atomic mass is 10.2. The molecule has 1 rings (SSSR count). The van der Waals surface area contributed by atoms with Gasteiger partial charge in [-0.2, -0.15) is 0 Å². The molecular formula is C14H22N2O3. The average molecular weight is 266 g/mol.